The van der Waals surface area contributed by atoms with Crippen LogP contribution in [0.2, 0.25) is 0 Å². The molecule has 100 valence electrons. The minimum atomic E-state index is 0.0417. The lowest BCUT2D eigenvalue weighted by Gasteiger charge is -2.17. The number of likely N-dealkylation sites (tertiary alicyclic amines) is 1. The van der Waals surface area contributed by atoms with E-state index in [4.69, 9.17) is 0 Å². The first-order valence-electron chi connectivity index (χ1n) is 7.00. The molecule has 3 rings (SSSR count). The van der Waals surface area contributed by atoms with E-state index in [9.17, 15) is 4.79 Å². The molecule has 3 heteroatoms. The smallest absolute Gasteiger partial charge is 0.321 e. The van der Waals surface area contributed by atoms with Crippen LogP contribution in [0.4, 0.5) is 10.5 Å². The molecule has 2 amide bonds. The Hall–Kier alpha value is -1.77. The van der Waals surface area contributed by atoms with Crippen LogP contribution in [0.3, 0.4) is 0 Å². The van der Waals surface area contributed by atoms with Crippen LogP contribution in [0.25, 0.3) is 0 Å². The molecule has 1 saturated heterocycles. The van der Waals surface area contributed by atoms with Crippen LogP contribution in [0.15, 0.2) is 36.4 Å². The standard InChI is InChI=1S/C16H20N2O/c1-12-5-4-8-15(9-12)17-16(19)18-10-13-6-2-3-7-14(13)11-18/h2-5,8-9,13-14H,6-7,10-11H2,1H3,(H,17,19). The lowest BCUT2D eigenvalue weighted by atomic mass is 9.86. The number of hydrogen-bond donors (Lipinski definition) is 1. The predicted octanol–water partition coefficient (Wildman–Crippen LogP) is 3.42. The van der Waals surface area contributed by atoms with Crippen molar-refractivity contribution in [2.75, 3.05) is 18.4 Å². The molecular formula is C16H20N2O. The van der Waals surface area contributed by atoms with Gasteiger partial charge in [0.05, 0.1) is 0 Å². The molecule has 1 heterocycles. The molecule has 2 unspecified atom stereocenters. The van der Waals surface area contributed by atoms with Crippen molar-refractivity contribution < 1.29 is 4.79 Å². The van der Waals surface area contributed by atoms with Crippen molar-refractivity contribution in [2.24, 2.45) is 11.8 Å². The van der Waals surface area contributed by atoms with E-state index < -0.39 is 0 Å². The highest BCUT2D eigenvalue weighted by atomic mass is 16.2. The minimum absolute atomic E-state index is 0.0417. The fourth-order valence-electron chi connectivity index (χ4n) is 3.11. The van der Waals surface area contributed by atoms with Crippen molar-refractivity contribution in [1.29, 1.82) is 0 Å². The average molecular weight is 256 g/mol. The SMILES string of the molecule is Cc1cccc(NC(=O)N2CC3CC=CCC3C2)c1. The second kappa shape index (κ2) is 5.08. The summed E-state index contributed by atoms with van der Waals surface area (Å²) in [5.74, 6) is 1.32. The molecule has 3 nitrogen and oxygen atoms in total. The Morgan fingerprint density at radius 3 is 2.53 bits per heavy atom. The van der Waals surface area contributed by atoms with Crippen LogP contribution in [0, 0.1) is 18.8 Å². The highest BCUT2D eigenvalue weighted by Crippen LogP contribution is 2.32. The van der Waals surface area contributed by atoms with Gasteiger partial charge in [0.15, 0.2) is 0 Å². The third-order valence-electron chi connectivity index (χ3n) is 4.18. The molecular weight excluding hydrogens is 236 g/mol. The number of allylic oxidation sites excluding steroid dienone is 2. The van der Waals surface area contributed by atoms with Crippen molar-refractivity contribution in [2.45, 2.75) is 19.8 Å². The molecule has 0 aromatic heterocycles. The maximum absolute atomic E-state index is 12.3. The number of nitrogens with one attached hydrogen (secondary N) is 1. The van der Waals surface area contributed by atoms with Gasteiger partial charge >= 0.3 is 6.03 Å². The van der Waals surface area contributed by atoms with Crippen molar-refractivity contribution in [1.82, 2.24) is 4.90 Å². The topological polar surface area (TPSA) is 32.3 Å². The maximum Gasteiger partial charge on any atom is 0.321 e. The summed E-state index contributed by atoms with van der Waals surface area (Å²) < 4.78 is 0. The van der Waals surface area contributed by atoms with E-state index in [0.29, 0.717) is 11.8 Å². The van der Waals surface area contributed by atoms with Gasteiger partial charge in [-0.3, -0.25) is 0 Å². The lowest BCUT2D eigenvalue weighted by molar-refractivity contribution is 0.220. The van der Waals surface area contributed by atoms with Gasteiger partial charge < -0.3 is 10.2 Å². The number of urea groups is 1. The zero-order chi connectivity index (χ0) is 13.2. The van der Waals surface area contributed by atoms with Gasteiger partial charge in [0.25, 0.3) is 0 Å². The van der Waals surface area contributed by atoms with E-state index in [0.717, 1.165) is 37.2 Å². The summed E-state index contributed by atoms with van der Waals surface area (Å²) in [6.07, 6.45) is 6.75. The quantitative estimate of drug-likeness (QED) is 0.767. The summed E-state index contributed by atoms with van der Waals surface area (Å²) in [6, 6.07) is 7.99. The van der Waals surface area contributed by atoms with Crippen LogP contribution in [0.1, 0.15) is 18.4 Å². The number of carbonyl (C=O) groups is 1. The van der Waals surface area contributed by atoms with E-state index in [1.54, 1.807) is 0 Å². The van der Waals surface area contributed by atoms with Crippen LogP contribution in [-0.4, -0.2) is 24.0 Å². The average Bonchev–Trinajstić information content (AvgIpc) is 2.82. The zero-order valence-electron chi connectivity index (χ0n) is 11.3. The Morgan fingerprint density at radius 2 is 1.89 bits per heavy atom. The van der Waals surface area contributed by atoms with Crippen molar-refractivity contribution in [3.8, 4) is 0 Å². The molecule has 1 aromatic carbocycles. The largest absolute Gasteiger partial charge is 0.324 e. The molecule has 19 heavy (non-hydrogen) atoms. The van der Waals surface area contributed by atoms with Crippen molar-refractivity contribution in [3.05, 3.63) is 42.0 Å². The van der Waals surface area contributed by atoms with Gasteiger partial charge in [-0.15, -0.1) is 0 Å². The number of fused-ring (bicyclic) bond motifs is 1. The van der Waals surface area contributed by atoms with E-state index in [1.165, 1.54) is 0 Å². The number of nitrogens with zero attached hydrogens (tertiary/aromatic N) is 1. The van der Waals surface area contributed by atoms with Gasteiger partial charge in [-0.1, -0.05) is 24.3 Å². The molecule has 1 aromatic rings. The monoisotopic (exact) mass is 256 g/mol. The number of carbonyl (C=O) groups excluding carboxylic acids is 1. The Balaban J connectivity index is 1.63. The predicted molar refractivity (Wildman–Crippen MR) is 77.1 cm³/mol. The molecule has 1 aliphatic carbocycles. The molecule has 2 aliphatic rings. The van der Waals surface area contributed by atoms with Gasteiger partial charge in [-0.25, -0.2) is 4.79 Å². The van der Waals surface area contributed by atoms with Crippen LogP contribution in [-0.2, 0) is 0 Å². The molecule has 0 radical (unpaired) electrons. The first-order chi connectivity index (χ1) is 9.22. The number of anilines is 1. The summed E-state index contributed by atoms with van der Waals surface area (Å²) >= 11 is 0. The van der Waals surface area contributed by atoms with E-state index in [2.05, 4.69) is 17.5 Å². The third-order valence-corrected chi connectivity index (χ3v) is 4.18. The minimum Gasteiger partial charge on any atom is -0.324 e. The van der Waals surface area contributed by atoms with Crippen molar-refractivity contribution >= 4 is 11.7 Å². The number of amides is 2. The molecule has 2 atom stereocenters. The summed E-state index contributed by atoms with van der Waals surface area (Å²) in [5, 5.41) is 3.00. The van der Waals surface area contributed by atoms with Gasteiger partial charge in [-0.2, -0.15) is 0 Å². The molecule has 0 spiro atoms. The summed E-state index contributed by atoms with van der Waals surface area (Å²) in [4.78, 5) is 14.2. The van der Waals surface area contributed by atoms with Crippen LogP contribution in [0.5, 0.6) is 0 Å². The Kier molecular flexibility index (Phi) is 3.28. The molecule has 0 saturated carbocycles. The zero-order valence-corrected chi connectivity index (χ0v) is 11.3. The molecule has 0 bridgehead atoms. The van der Waals surface area contributed by atoms with Gasteiger partial charge in [0.1, 0.15) is 0 Å². The third kappa shape index (κ3) is 2.65. The van der Waals surface area contributed by atoms with Gasteiger partial charge in [0, 0.05) is 18.8 Å². The number of rotatable bonds is 1. The first kappa shape index (κ1) is 12.3. The number of benzene rings is 1. The second-order valence-electron chi connectivity index (χ2n) is 5.67. The van der Waals surface area contributed by atoms with Gasteiger partial charge in [0.2, 0.25) is 0 Å². The van der Waals surface area contributed by atoms with E-state index in [-0.39, 0.29) is 6.03 Å². The highest BCUT2D eigenvalue weighted by molar-refractivity contribution is 5.89. The van der Waals surface area contributed by atoms with Gasteiger partial charge in [-0.05, 0) is 49.3 Å². The molecule has 1 aliphatic heterocycles. The van der Waals surface area contributed by atoms with Crippen LogP contribution >= 0.6 is 0 Å². The summed E-state index contributed by atoms with van der Waals surface area (Å²) in [5.41, 5.74) is 2.05. The highest BCUT2D eigenvalue weighted by Gasteiger charge is 2.34. The summed E-state index contributed by atoms with van der Waals surface area (Å²) in [6.45, 7) is 3.82. The first-order valence-corrected chi connectivity index (χ1v) is 7.00. The number of aryl methyl sites for hydroxylation is 1. The maximum atomic E-state index is 12.3. The second-order valence-corrected chi connectivity index (χ2v) is 5.67. The Bertz CT molecular complexity index is 493. The lowest BCUT2D eigenvalue weighted by Crippen LogP contribution is -2.33. The van der Waals surface area contributed by atoms with E-state index in [1.807, 2.05) is 36.1 Å². The van der Waals surface area contributed by atoms with E-state index >= 15 is 0 Å². The fourth-order valence-corrected chi connectivity index (χ4v) is 3.11. The molecule has 1 fully saturated rings. The van der Waals surface area contributed by atoms with Crippen molar-refractivity contribution in [3.63, 3.8) is 0 Å². The normalized spacial score (nSPS) is 25.2. The number of hydrogen-bond acceptors (Lipinski definition) is 1. The molecule has 1 N–H and O–H groups in total. The Labute approximate surface area is 114 Å². The summed E-state index contributed by atoms with van der Waals surface area (Å²) in [7, 11) is 0. The fraction of sp³-hybridized carbons (Fsp3) is 0.438. The Morgan fingerprint density at radius 1 is 1.21 bits per heavy atom. The van der Waals surface area contributed by atoms with Crippen LogP contribution < -0.4 is 5.32 Å².